The number of unbranched alkanes of at least 4 members (excludes halogenated alkanes) is 2. The van der Waals surface area contributed by atoms with Gasteiger partial charge in [-0.25, -0.2) is 0 Å². The summed E-state index contributed by atoms with van der Waals surface area (Å²) in [5.74, 6) is 0. The van der Waals surface area contributed by atoms with Gasteiger partial charge < -0.3 is 0 Å². The first-order valence-electron chi connectivity index (χ1n) is 16.6. The Labute approximate surface area is 274 Å². The molecule has 44 heavy (non-hydrogen) atoms. The van der Waals surface area contributed by atoms with E-state index in [-0.39, 0.29) is 8.45 Å². The third-order valence-electron chi connectivity index (χ3n) is 10.3. The topological polar surface area (TPSA) is 0 Å². The van der Waals surface area contributed by atoms with Crippen molar-refractivity contribution in [3.63, 3.8) is 0 Å². The van der Waals surface area contributed by atoms with E-state index in [1.54, 1.807) is 0 Å². The standard InChI is InChI=1S/2C19H19.C2H7Si.2ClH.Ti/c2*1-2-3-8-15-13-17-11-7-12-18(19(17)14-15)16-9-5-4-6-10-16;1-3-2;;;/h2*4-7,9-14H,2-3,8H2,1H3;3H,1-2H3;2*1H;/q;;;;;+2/p-2. The fraction of sp³-hybridized carbons (Fsp3) is 0.300. The monoisotopic (exact) mass is 671 g/mol. The van der Waals surface area contributed by atoms with Crippen molar-refractivity contribution in [3.05, 3.63) is 130 Å². The maximum atomic E-state index is 8.68. The molecule has 0 saturated heterocycles. The van der Waals surface area contributed by atoms with E-state index in [0.717, 1.165) is 38.5 Å². The molecule has 2 unspecified atom stereocenters. The van der Waals surface area contributed by atoms with Crippen molar-refractivity contribution in [1.82, 2.24) is 0 Å². The fourth-order valence-corrected chi connectivity index (χ4v) is 29.2. The van der Waals surface area contributed by atoms with Gasteiger partial charge in [0, 0.05) is 0 Å². The number of rotatable bonds is 11. The summed E-state index contributed by atoms with van der Waals surface area (Å²) in [5, 5.41) is 0. The zero-order valence-corrected chi connectivity index (χ0v) is 30.9. The molecule has 2 aliphatic rings. The van der Waals surface area contributed by atoms with E-state index in [4.69, 9.17) is 18.6 Å². The third-order valence-corrected chi connectivity index (χ3v) is 45.6. The molecule has 0 nitrogen and oxygen atoms in total. The van der Waals surface area contributed by atoms with Gasteiger partial charge in [0.2, 0.25) is 0 Å². The van der Waals surface area contributed by atoms with Gasteiger partial charge in [-0.15, -0.1) is 0 Å². The first-order valence-corrected chi connectivity index (χ1v) is 28.3. The molecule has 4 heteroatoms. The van der Waals surface area contributed by atoms with Crippen molar-refractivity contribution in [2.75, 3.05) is 0 Å². The van der Waals surface area contributed by atoms with E-state index in [0.29, 0.717) is 0 Å². The third kappa shape index (κ3) is 5.37. The molecule has 0 N–H and O–H groups in total. The number of hydrogen-bond donors (Lipinski definition) is 0. The molecule has 0 heterocycles. The minimum absolute atomic E-state index is 0.119. The number of allylic oxidation sites excluding steroid dienone is 2. The van der Waals surface area contributed by atoms with Crippen molar-refractivity contribution in [2.24, 2.45) is 0 Å². The quantitative estimate of drug-likeness (QED) is 0.139. The number of benzene rings is 4. The summed E-state index contributed by atoms with van der Waals surface area (Å²) in [6, 6.07) is 35.5. The molecule has 0 bridgehead atoms. The molecule has 2 aliphatic carbocycles. The Morgan fingerprint density at radius 1 is 0.568 bits per heavy atom. The van der Waals surface area contributed by atoms with Crippen LogP contribution < -0.4 is 0 Å². The normalized spacial score (nSPS) is 18.4. The molecule has 227 valence electrons. The minimum atomic E-state index is -4.50. The summed E-state index contributed by atoms with van der Waals surface area (Å²) >= 11 is -4.50. The van der Waals surface area contributed by atoms with Gasteiger partial charge in [-0.3, -0.25) is 0 Å². The molecule has 4 aromatic rings. The van der Waals surface area contributed by atoms with E-state index < -0.39 is 19.1 Å². The average molecular weight is 673 g/mol. The van der Waals surface area contributed by atoms with E-state index in [9.17, 15) is 0 Å². The summed E-state index contributed by atoms with van der Waals surface area (Å²) in [6.07, 6.45) is 11.8. The van der Waals surface area contributed by atoms with Crippen LogP contribution >= 0.6 is 18.6 Å². The van der Waals surface area contributed by atoms with E-state index >= 15 is 0 Å². The van der Waals surface area contributed by atoms with Crippen LogP contribution in [0.1, 0.15) is 83.1 Å². The Kier molecular flexibility index (Phi) is 9.36. The molecule has 0 saturated carbocycles. The Bertz CT molecular complexity index is 1580. The summed E-state index contributed by atoms with van der Waals surface area (Å²) in [7, 11) is 17.4. The molecule has 0 aliphatic heterocycles. The molecular weight excluding hydrogens is 627 g/mol. The SMILES string of the molecule is CCCCC1=Cc2c(-c3ccccc3)cccc2[CH]1[Ti]([Cl])([Cl])([CH]1C(CCCC)=Cc2c(-c3ccccc3)cccc21)[SiH](C)C. The van der Waals surface area contributed by atoms with Gasteiger partial charge in [-0.1, -0.05) is 0 Å². The predicted octanol–water partition coefficient (Wildman–Crippen LogP) is 13.0. The molecule has 0 fully saturated rings. The predicted molar refractivity (Wildman–Crippen MR) is 195 cm³/mol. The maximum absolute atomic E-state index is 8.68. The zero-order chi connectivity index (χ0) is 30.9. The van der Waals surface area contributed by atoms with Gasteiger partial charge in [0.25, 0.3) is 0 Å². The second-order valence-corrected chi connectivity index (χ2v) is 42.5. The van der Waals surface area contributed by atoms with Crippen molar-refractivity contribution in [1.29, 1.82) is 0 Å². The van der Waals surface area contributed by atoms with Crippen LogP contribution in [0.25, 0.3) is 34.4 Å². The summed E-state index contributed by atoms with van der Waals surface area (Å²) in [5.41, 5.74) is 13.5. The zero-order valence-electron chi connectivity index (χ0n) is 26.6. The molecule has 0 spiro atoms. The van der Waals surface area contributed by atoms with Crippen molar-refractivity contribution in [2.45, 2.75) is 73.9 Å². The molecule has 0 radical (unpaired) electrons. The Morgan fingerprint density at radius 2 is 0.977 bits per heavy atom. The Morgan fingerprint density at radius 3 is 1.34 bits per heavy atom. The van der Waals surface area contributed by atoms with Crippen molar-refractivity contribution in [3.8, 4) is 22.3 Å². The van der Waals surface area contributed by atoms with Gasteiger partial charge >= 0.3 is 276 Å². The van der Waals surface area contributed by atoms with E-state index in [1.807, 2.05) is 0 Å². The van der Waals surface area contributed by atoms with Crippen LogP contribution in [0, 0.1) is 0 Å². The average Bonchev–Trinajstić information content (AvgIpc) is 3.63. The van der Waals surface area contributed by atoms with Gasteiger partial charge in [0.15, 0.2) is 0 Å². The van der Waals surface area contributed by atoms with E-state index in [2.05, 4.69) is 136 Å². The molecule has 6 rings (SSSR count). The van der Waals surface area contributed by atoms with Crippen molar-refractivity contribution >= 4 is 37.4 Å². The van der Waals surface area contributed by atoms with Crippen LogP contribution in [0.2, 0.25) is 13.1 Å². The number of halogens is 2. The van der Waals surface area contributed by atoms with Crippen LogP contribution in [-0.4, -0.2) is 6.66 Å². The van der Waals surface area contributed by atoms with Crippen molar-refractivity contribution < 1.29 is 12.4 Å². The number of hydrogen-bond acceptors (Lipinski definition) is 0. The fourth-order valence-electron chi connectivity index (χ4n) is 8.00. The van der Waals surface area contributed by atoms with Crippen LogP contribution in [0.4, 0.5) is 0 Å². The van der Waals surface area contributed by atoms with Gasteiger partial charge in [0.1, 0.15) is 0 Å². The van der Waals surface area contributed by atoms with Crippen LogP contribution in [0.3, 0.4) is 0 Å². The van der Waals surface area contributed by atoms with Crippen LogP contribution in [0.5, 0.6) is 0 Å². The molecule has 4 aromatic carbocycles. The van der Waals surface area contributed by atoms with Crippen LogP contribution in [0.15, 0.2) is 108 Å². The second kappa shape index (κ2) is 12.9. The number of fused-ring (bicyclic) bond motifs is 2. The van der Waals surface area contributed by atoms with Gasteiger partial charge in [-0.05, 0) is 0 Å². The van der Waals surface area contributed by atoms with Crippen LogP contribution in [-0.2, 0) is 12.4 Å². The van der Waals surface area contributed by atoms with Gasteiger partial charge in [0.05, 0.1) is 0 Å². The first-order chi connectivity index (χ1) is 21.3. The summed E-state index contributed by atoms with van der Waals surface area (Å²) in [4.78, 5) is 0. The molecule has 0 amide bonds. The Hall–Kier alpha value is -2.13. The first kappa shape index (κ1) is 31.8. The summed E-state index contributed by atoms with van der Waals surface area (Å²) < 4.78 is 0.238. The van der Waals surface area contributed by atoms with Gasteiger partial charge in [-0.2, -0.15) is 0 Å². The molecule has 0 aromatic heterocycles. The second-order valence-electron chi connectivity index (χ2n) is 13.2. The Balaban J connectivity index is 1.60. The van der Waals surface area contributed by atoms with E-state index in [1.165, 1.54) is 55.7 Å². The molecular formula is C40H45Cl2SiTi. The summed E-state index contributed by atoms with van der Waals surface area (Å²) in [6.45, 7) is 7.89. The molecule has 2 atom stereocenters.